The first-order valence-electron chi connectivity index (χ1n) is 4.78. The summed E-state index contributed by atoms with van der Waals surface area (Å²) in [7, 11) is 0. The summed E-state index contributed by atoms with van der Waals surface area (Å²) in [6.45, 7) is 3.28. The van der Waals surface area contributed by atoms with E-state index in [0.29, 0.717) is 5.57 Å². The Labute approximate surface area is 102 Å². The highest BCUT2D eigenvalue weighted by atomic mass is 35.5. The Balaban J connectivity index is 3.34. The van der Waals surface area contributed by atoms with Gasteiger partial charge in [0.2, 0.25) is 0 Å². The summed E-state index contributed by atoms with van der Waals surface area (Å²) in [6.07, 6.45) is -3.43. The van der Waals surface area contributed by atoms with Crippen molar-refractivity contribution in [3.8, 4) is 0 Å². The molecule has 5 heteroatoms. The number of carbonyl (C=O) groups excluding carboxylic acids is 1. The van der Waals surface area contributed by atoms with Crippen LogP contribution in [0.3, 0.4) is 0 Å². The number of carbonyl (C=O) groups is 1. The fourth-order valence-electron chi connectivity index (χ4n) is 1.31. The van der Waals surface area contributed by atoms with Crippen LogP contribution in [0.2, 0.25) is 5.02 Å². The van der Waals surface area contributed by atoms with Crippen molar-refractivity contribution in [3.63, 3.8) is 0 Å². The van der Waals surface area contributed by atoms with Gasteiger partial charge in [-0.15, -0.1) is 0 Å². The fourth-order valence-corrected chi connectivity index (χ4v) is 1.48. The van der Waals surface area contributed by atoms with Gasteiger partial charge < -0.3 is 0 Å². The molecule has 0 N–H and O–H groups in total. The number of ketones is 1. The molecule has 0 radical (unpaired) electrons. The topological polar surface area (TPSA) is 17.1 Å². The monoisotopic (exact) mass is 262 g/mol. The van der Waals surface area contributed by atoms with Gasteiger partial charge in [0.15, 0.2) is 5.78 Å². The molecule has 0 aromatic heterocycles. The molecule has 0 fully saturated rings. The Hall–Kier alpha value is -1.29. The zero-order valence-corrected chi connectivity index (χ0v) is 9.99. The average molecular weight is 263 g/mol. The van der Waals surface area contributed by atoms with E-state index in [-0.39, 0.29) is 10.6 Å². The SMILES string of the molecule is CC(C)=CC(=O)c1ccc(Cl)cc1C(F)(F)F. The number of rotatable bonds is 2. The number of benzene rings is 1. The van der Waals surface area contributed by atoms with Crippen molar-refractivity contribution in [3.05, 3.63) is 46.0 Å². The molecule has 0 amide bonds. The lowest BCUT2D eigenvalue weighted by atomic mass is 10.0. The minimum absolute atomic E-state index is 0.0499. The third-order valence-corrected chi connectivity index (χ3v) is 2.21. The molecule has 0 saturated heterocycles. The van der Waals surface area contributed by atoms with E-state index in [0.717, 1.165) is 12.1 Å². The fraction of sp³-hybridized carbons (Fsp3) is 0.250. The first-order valence-corrected chi connectivity index (χ1v) is 5.15. The van der Waals surface area contributed by atoms with E-state index < -0.39 is 17.5 Å². The Morgan fingerprint density at radius 3 is 2.35 bits per heavy atom. The van der Waals surface area contributed by atoms with Crippen LogP contribution >= 0.6 is 11.6 Å². The molecule has 0 atom stereocenters. The highest BCUT2D eigenvalue weighted by Gasteiger charge is 2.34. The summed E-state index contributed by atoms with van der Waals surface area (Å²) in [5, 5.41) is -0.0499. The van der Waals surface area contributed by atoms with Crippen molar-refractivity contribution < 1.29 is 18.0 Å². The Bertz CT molecular complexity index is 471. The zero-order chi connectivity index (χ0) is 13.2. The molecular formula is C12H10ClF3O. The van der Waals surface area contributed by atoms with Crippen molar-refractivity contribution in [1.82, 2.24) is 0 Å². The molecule has 0 aliphatic carbocycles. The molecule has 0 saturated carbocycles. The number of allylic oxidation sites excluding steroid dienone is 2. The van der Waals surface area contributed by atoms with Gasteiger partial charge in [0.05, 0.1) is 5.56 Å². The van der Waals surface area contributed by atoms with Crippen molar-refractivity contribution in [2.45, 2.75) is 20.0 Å². The third-order valence-electron chi connectivity index (χ3n) is 1.97. The predicted molar refractivity (Wildman–Crippen MR) is 60.2 cm³/mol. The molecule has 0 spiro atoms. The van der Waals surface area contributed by atoms with Crippen LogP contribution in [0.5, 0.6) is 0 Å². The van der Waals surface area contributed by atoms with Crippen molar-refractivity contribution >= 4 is 17.4 Å². The molecule has 0 heterocycles. The molecule has 0 aliphatic rings. The van der Waals surface area contributed by atoms with Gasteiger partial charge in [0.25, 0.3) is 0 Å². The van der Waals surface area contributed by atoms with Crippen LogP contribution < -0.4 is 0 Å². The molecule has 1 nitrogen and oxygen atoms in total. The number of hydrogen-bond donors (Lipinski definition) is 0. The summed E-state index contributed by atoms with van der Waals surface area (Å²) in [4.78, 5) is 11.6. The van der Waals surface area contributed by atoms with Crippen LogP contribution in [0, 0.1) is 0 Å². The first kappa shape index (κ1) is 13.8. The van der Waals surface area contributed by atoms with Crippen LogP contribution in [0.4, 0.5) is 13.2 Å². The molecule has 1 rings (SSSR count). The minimum Gasteiger partial charge on any atom is -0.289 e. The van der Waals surface area contributed by atoms with Crippen LogP contribution in [0.1, 0.15) is 29.8 Å². The van der Waals surface area contributed by atoms with E-state index in [2.05, 4.69) is 0 Å². The van der Waals surface area contributed by atoms with E-state index in [4.69, 9.17) is 11.6 Å². The van der Waals surface area contributed by atoms with E-state index >= 15 is 0 Å². The summed E-state index contributed by atoms with van der Waals surface area (Å²) < 4.78 is 38.1. The second kappa shape index (κ2) is 4.92. The second-order valence-corrected chi connectivity index (χ2v) is 4.21. The van der Waals surface area contributed by atoms with Crippen LogP contribution in [0.15, 0.2) is 29.8 Å². The van der Waals surface area contributed by atoms with Crippen LogP contribution in [-0.4, -0.2) is 5.78 Å². The van der Waals surface area contributed by atoms with Gasteiger partial charge in [-0.3, -0.25) is 4.79 Å². The second-order valence-electron chi connectivity index (χ2n) is 3.77. The molecule has 0 aliphatic heterocycles. The number of halogens is 4. The lowest BCUT2D eigenvalue weighted by molar-refractivity contribution is -0.137. The molecule has 17 heavy (non-hydrogen) atoms. The maximum Gasteiger partial charge on any atom is 0.417 e. The van der Waals surface area contributed by atoms with E-state index in [1.54, 1.807) is 13.8 Å². The van der Waals surface area contributed by atoms with E-state index in [1.807, 2.05) is 0 Å². The molecule has 0 unspecified atom stereocenters. The lowest BCUT2D eigenvalue weighted by Gasteiger charge is -2.11. The smallest absolute Gasteiger partial charge is 0.289 e. The maximum absolute atomic E-state index is 12.7. The summed E-state index contributed by atoms with van der Waals surface area (Å²) in [5.41, 5.74) is -0.756. The highest BCUT2D eigenvalue weighted by Crippen LogP contribution is 2.34. The van der Waals surface area contributed by atoms with Gasteiger partial charge in [0, 0.05) is 10.6 Å². The molecule has 1 aromatic rings. The normalized spacial score (nSPS) is 11.2. The standard InChI is InChI=1S/C12H10ClF3O/c1-7(2)5-11(17)9-4-3-8(13)6-10(9)12(14,15)16/h3-6H,1-2H3. The van der Waals surface area contributed by atoms with Crippen LogP contribution in [-0.2, 0) is 6.18 Å². The third kappa shape index (κ3) is 3.60. The average Bonchev–Trinajstić information content (AvgIpc) is 2.14. The minimum atomic E-state index is -4.59. The molecule has 0 bridgehead atoms. The number of alkyl halides is 3. The quantitative estimate of drug-likeness (QED) is 0.566. The van der Waals surface area contributed by atoms with E-state index in [1.165, 1.54) is 12.1 Å². The molecule has 1 aromatic carbocycles. The summed E-state index contributed by atoms with van der Waals surface area (Å²) in [6, 6.07) is 3.11. The number of hydrogen-bond acceptors (Lipinski definition) is 1. The molecule has 92 valence electrons. The highest BCUT2D eigenvalue weighted by molar-refractivity contribution is 6.30. The lowest BCUT2D eigenvalue weighted by Crippen LogP contribution is -2.12. The van der Waals surface area contributed by atoms with Gasteiger partial charge in [0.1, 0.15) is 0 Å². The Morgan fingerprint density at radius 2 is 1.88 bits per heavy atom. The van der Waals surface area contributed by atoms with Gasteiger partial charge in [-0.05, 0) is 38.1 Å². The predicted octanol–water partition coefficient (Wildman–Crippen LogP) is 4.51. The molecular weight excluding hydrogens is 253 g/mol. The van der Waals surface area contributed by atoms with E-state index in [9.17, 15) is 18.0 Å². The van der Waals surface area contributed by atoms with Gasteiger partial charge in [-0.1, -0.05) is 17.2 Å². The largest absolute Gasteiger partial charge is 0.417 e. The van der Waals surface area contributed by atoms with Crippen molar-refractivity contribution in [2.75, 3.05) is 0 Å². The zero-order valence-electron chi connectivity index (χ0n) is 9.23. The van der Waals surface area contributed by atoms with Crippen LogP contribution in [0.25, 0.3) is 0 Å². The Morgan fingerprint density at radius 1 is 1.29 bits per heavy atom. The van der Waals surface area contributed by atoms with Gasteiger partial charge >= 0.3 is 6.18 Å². The maximum atomic E-state index is 12.7. The Kier molecular flexibility index (Phi) is 3.98. The van der Waals surface area contributed by atoms with Crippen molar-refractivity contribution in [2.24, 2.45) is 0 Å². The summed E-state index contributed by atoms with van der Waals surface area (Å²) in [5.74, 6) is -0.672. The van der Waals surface area contributed by atoms with Gasteiger partial charge in [-0.2, -0.15) is 13.2 Å². The summed E-state index contributed by atoms with van der Waals surface area (Å²) >= 11 is 5.51. The van der Waals surface area contributed by atoms with Crippen molar-refractivity contribution in [1.29, 1.82) is 0 Å². The van der Waals surface area contributed by atoms with Gasteiger partial charge in [-0.25, -0.2) is 0 Å². The first-order chi connectivity index (χ1) is 7.71.